The van der Waals surface area contributed by atoms with E-state index in [0.717, 1.165) is 11.0 Å². The van der Waals surface area contributed by atoms with E-state index in [1.165, 1.54) is 24.1 Å². The lowest BCUT2D eigenvalue weighted by Crippen LogP contribution is -2.02. The Morgan fingerprint density at radius 2 is 2.06 bits per heavy atom. The van der Waals surface area contributed by atoms with E-state index in [1.807, 2.05) is 30.7 Å². The van der Waals surface area contributed by atoms with Crippen LogP contribution < -0.4 is 0 Å². The van der Waals surface area contributed by atoms with Gasteiger partial charge in [0.2, 0.25) is 0 Å². The van der Waals surface area contributed by atoms with Gasteiger partial charge in [0.15, 0.2) is 0 Å². The maximum absolute atomic E-state index is 4.48. The first-order valence-corrected chi connectivity index (χ1v) is 6.55. The molecule has 2 aromatic rings. The Morgan fingerprint density at radius 1 is 1.31 bits per heavy atom. The van der Waals surface area contributed by atoms with Crippen LogP contribution in [0.1, 0.15) is 30.0 Å². The van der Waals surface area contributed by atoms with Crippen LogP contribution in [0.5, 0.6) is 0 Å². The summed E-state index contributed by atoms with van der Waals surface area (Å²) in [6.07, 6.45) is 8.15. The second-order valence-electron chi connectivity index (χ2n) is 4.08. The maximum atomic E-state index is 4.48. The molecule has 0 unspecified atom stereocenters. The van der Waals surface area contributed by atoms with Gasteiger partial charge in [-0.1, -0.05) is 15.9 Å². The summed E-state index contributed by atoms with van der Waals surface area (Å²) in [5, 5.41) is 5.36. The molecule has 4 heteroatoms. The van der Waals surface area contributed by atoms with E-state index in [0.29, 0.717) is 5.92 Å². The van der Waals surface area contributed by atoms with Crippen LogP contribution in [0.4, 0.5) is 0 Å². The van der Waals surface area contributed by atoms with Crippen LogP contribution >= 0.6 is 15.9 Å². The standard InChI is InChI=1S/C12H12BrN3/c13-7-10-8-15-16(12(10)9-1-2-9)11-3-5-14-6-4-11/h3-6,8-9H,1-2,7H2. The third-order valence-electron chi connectivity index (χ3n) is 2.90. The molecule has 82 valence electrons. The van der Waals surface area contributed by atoms with E-state index in [4.69, 9.17) is 0 Å². The van der Waals surface area contributed by atoms with Crippen molar-refractivity contribution in [2.45, 2.75) is 24.1 Å². The predicted octanol–water partition coefficient (Wildman–Crippen LogP) is 3.04. The molecule has 3 nitrogen and oxygen atoms in total. The van der Waals surface area contributed by atoms with E-state index < -0.39 is 0 Å². The van der Waals surface area contributed by atoms with Gasteiger partial charge in [-0.25, -0.2) is 4.68 Å². The predicted molar refractivity (Wildman–Crippen MR) is 66.0 cm³/mol. The van der Waals surface area contributed by atoms with Crippen molar-refractivity contribution in [3.05, 3.63) is 42.0 Å². The first-order chi connectivity index (χ1) is 7.90. The smallest absolute Gasteiger partial charge is 0.0679 e. The van der Waals surface area contributed by atoms with Crippen LogP contribution in [0.25, 0.3) is 5.69 Å². The van der Waals surface area contributed by atoms with Crippen LogP contribution in [0, 0.1) is 0 Å². The van der Waals surface area contributed by atoms with Crippen molar-refractivity contribution in [2.75, 3.05) is 0 Å². The topological polar surface area (TPSA) is 30.7 Å². The molecule has 2 aromatic heterocycles. The number of halogens is 1. The number of hydrogen-bond acceptors (Lipinski definition) is 2. The molecule has 0 atom stereocenters. The first kappa shape index (κ1) is 10.0. The highest BCUT2D eigenvalue weighted by Gasteiger charge is 2.30. The molecule has 2 heterocycles. The van der Waals surface area contributed by atoms with Crippen molar-refractivity contribution in [2.24, 2.45) is 0 Å². The number of alkyl halides is 1. The summed E-state index contributed by atoms with van der Waals surface area (Å²) < 4.78 is 2.05. The van der Waals surface area contributed by atoms with Gasteiger partial charge in [-0.05, 0) is 25.0 Å². The molecule has 1 fully saturated rings. The molecule has 16 heavy (non-hydrogen) atoms. The van der Waals surface area contributed by atoms with Gasteiger partial charge in [0, 0.05) is 29.2 Å². The highest BCUT2D eigenvalue weighted by Crippen LogP contribution is 2.42. The van der Waals surface area contributed by atoms with E-state index in [-0.39, 0.29) is 0 Å². The summed E-state index contributed by atoms with van der Waals surface area (Å²) in [4.78, 5) is 4.04. The van der Waals surface area contributed by atoms with Crippen molar-refractivity contribution in [1.82, 2.24) is 14.8 Å². The van der Waals surface area contributed by atoms with Gasteiger partial charge in [-0.15, -0.1) is 0 Å². The normalized spacial score (nSPS) is 15.3. The third kappa shape index (κ3) is 1.67. The van der Waals surface area contributed by atoms with Gasteiger partial charge >= 0.3 is 0 Å². The summed E-state index contributed by atoms with van der Waals surface area (Å²) >= 11 is 3.52. The third-order valence-corrected chi connectivity index (χ3v) is 3.51. The Morgan fingerprint density at radius 3 is 2.69 bits per heavy atom. The molecule has 0 saturated heterocycles. The van der Waals surface area contributed by atoms with Crippen LogP contribution in [0.2, 0.25) is 0 Å². The molecule has 0 bridgehead atoms. The Labute approximate surface area is 103 Å². The minimum absolute atomic E-state index is 0.697. The van der Waals surface area contributed by atoms with Crippen LogP contribution in [-0.2, 0) is 5.33 Å². The fourth-order valence-electron chi connectivity index (χ4n) is 1.98. The highest BCUT2D eigenvalue weighted by molar-refractivity contribution is 9.08. The molecule has 1 saturated carbocycles. The van der Waals surface area contributed by atoms with Crippen LogP contribution in [0.15, 0.2) is 30.7 Å². The van der Waals surface area contributed by atoms with Gasteiger partial charge in [0.25, 0.3) is 0 Å². The molecular formula is C12H12BrN3. The van der Waals surface area contributed by atoms with Crippen molar-refractivity contribution < 1.29 is 0 Å². The second-order valence-corrected chi connectivity index (χ2v) is 4.64. The van der Waals surface area contributed by atoms with Gasteiger partial charge in [-0.3, -0.25) is 4.98 Å². The fourth-order valence-corrected chi connectivity index (χ4v) is 2.41. The minimum atomic E-state index is 0.697. The molecule has 1 aliphatic rings. The van der Waals surface area contributed by atoms with E-state index >= 15 is 0 Å². The monoisotopic (exact) mass is 277 g/mol. The van der Waals surface area contributed by atoms with Gasteiger partial charge in [0.05, 0.1) is 17.6 Å². The summed E-state index contributed by atoms with van der Waals surface area (Å²) in [6, 6.07) is 3.99. The Balaban J connectivity index is 2.10. The van der Waals surface area contributed by atoms with Crippen molar-refractivity contribution in [3.8, 4) is 5.69 Å². The SMILES string of the molecule is BrCc1cnn(-c2ccncc2)c1C1CC1. The van der Waals surface area contributed by atoms with E-state index in [9.17, 15) is 0 Å². The molecule has 0 aliphatic heterocycles. The lowest BCUT2D eigenvalue weighted by Gasteiger charge is -2.07. The largest absolute Gasteiger partial charge is 0.265 e. The maximum Gasteiger partial charge on any atom is 0.0679 e. The molecule has 0 radical (unpaired) electrons. The zero-order valence-corrected chi connectivity index (χ0v) is 10.4. The number of pyridine rings is 1. The lowest BCUT2D eigenvalue weighted by molar-refractivity contribution is 0.803. The fraction of sp³-hybridized carbons (Fsp3) is 0.333. The average molecular weight is 278 g/mol. The molecular weight excluding hydrogens is 266 g/mol. The Bertz CT molecular complexity index is 488. The summed E-state index contributed by atoms with van der Waals surface area (Å²) in [5.41, 5.74) is 3.77. The second kappa shape index (κ2) is 4.01. The molecule has 0 aromatic carbocycles. The summed E-state index contributed by atoms with van der Waals surface area (Å²) in [6.45, 7) is 0. The minimum Gasteiger partial charge on any atom is -0.265 e. The molecule has 0 N–H and O–H groups in total. The average Bonchev–Trinajstić information content (AvgIpc) is 3.09. The first-order valence-electron chi connectivity index (χ1n) is 5.43. The number of hydrogen-bond donors (Lipinski definition) is 0. The molecule has 0 spiro atoms. The van der Waals surface area contributed by atoms with Gasteiger partial charge in [-0.2, -0.15) is 5.10 Å². The van der Waals surface area contributed by atoms with Crippen molar-refractivity contribution in [3.63, 3.8) is 0 Å². The summed E-state index contributed by atoms with van der Waals surface area (Å²) in [7, 11) is 0. The lowest BCUT2D eigenvalue weighted by atomic mass is 10.2. The summed E-state index contributed by atoms with van der Waals surface area (Å²) in [5.74, 6) is 0.697. The van der Waals surface area contributed by atoms with E-state index in [2.05, 4.69) is 30.7 Å². The van der Waals surface area contributed by atoms with Crippen LogP contribution in [-0.4, -0.2) is 14.8 Å². The highest BCUT2D eigenvalue weighted by atomic mass is 79.9. The number of aromatic nitrogens is 3. The quantitative estimate of drug-likeness (QED) is 0.808. The molecule has 0 amide bonds. The van der Waals surface area contributed by atoms with Crippen molar-refractivity contribution >= 4 is 15.9 Å². The zero-order chi connectivity index (χ0) is 11.0. The molecule has 3 rings (SSSR count). The van der Waals surface area contributed by atoms with Crippen molar-refractivity contribution in [1.29, 1.82) is 0 Å². The van der Waals surface area contributed by atoms with Crippen LogP contribution in [0.3, 0.4) is 0 Å². The van der Waals surface area contributed by atoms with E-state index in [1.54, 1.807) is 0 Å². The van der Waals surface area contributed by atoms with Gasteiger partial charge in [0.1, 0.15) is 0 Å². The van der Waals surface area contributed by atoms with Gasteiger partial charge < -0.3 is 0 Å². The Kier molecular flexibility index (Phi) is 2.52. The number of rotatable bonds is 3. The number of nitrogens with zero attached hydrogens (tertiary/aromatic N) is 3. The zero-order valence-electron chi connectivity index (χ0n) is 8.81. The Hall–Kier alpha value is -1.16. The molecule has 1 aliphatic carbocycles.